The fourth-order valence-corrected chi connectivity index (χ4v) is 2.60. The van der Waals surface area contributed by atoms with Crippen molar-refractivity contribution >= 4 is 11.6 Å². The third-order valence-corrected chi connectivity index (χ3v) is 4.13. The molecule has 2 rings (SSSR count). The smallest absolute Gasteiger partial charge is 0.241 e. The van der Waals surface area contributed by atoms with Crippen LogP contribution in [0.2, 0.25) is 0 Å². The molecule has 1 aliphatic heterocycles. The van der Waals surface area contributed by atoms with Crippen LogP contribution in [0, 0.1) is 5.92 Å². The highest BCUT2D eigenvalue weighted by molar-refractivity contribution is 5.94. The van der Waals surface area contributed by atoms with Gasteiger partial charge in [0.25, 0.3) is 0 Å². The molecule has 110 valence electrons. The molecule has 0 radical (unpaired) electrons. The molecule has 1 saturated heterocycles. The summed E-state index contributed by atoms with van der Waals surface area (Å²) in [5, 5.41) is 12.1. The summed E-state index contributed by atoms with van der Waals surface area (Å²) in [6, 6.07) is 7.82. The minimum Gasteiger partial charge on any atom is -0.396 e. The second-order valence-corrected chi connectivity index (χ2v) is 5.55. The Hall–Kier alpha value is -1.39. The molecule has 2 N–H and O–H groups in total. The lowest BCUT2D eigenvalue weighted by Gasteiger charge is -2.23. The number of likely N-dealkylation sites (tertiary alicyclic amines) is 1. The lowest BCUT2D eigenvalue weighted by atomic mass is 10.1. The van der Waals surface area contributed by atoms with E-state index in [2.05, 4.69) is 17.1 Å². The maximum Gasteiger partial charge on any atom is 0.241 e. The third kappa shape index (κ3) is 3.58. The van der Waals surface area contributed by atoms with Crippen molar-refractivity contribution in [1.82, 2.24) is 4.90 Å². The van der Waals surface area contributed by atoms with Gasteiger partial charge in [0.05, 0.1) is 6.04 Å². The van der Waals surface area contributed by atoms with Crippen LogP contribution in [0.5, 0.6) is 0 Å². The van der Waals surface area contributed by atoms with E-state index in [1.54, 1.807) is 0 Å². The first-order valence-corrected chi connectivity index (χ1v) is 7.38. The maximum atomic E-state index is 12.2. The van der Waals surface area contributed by atoms with Gasteiger partial charge in [-0.05, 0) is 49.9 Å². The van der Waals surface area contributed by atoms with Gasteiger partial charge in [0.2, 0.25) is 5.91 Å². The number of benzene rings is 1. The Labute approximate surface area is 120 Å². The normalized spacial score (nSPS) is 20.9. The van der Waals surface area contributed by atoms with E-state index < -0.39 is 0 Å². The number of anilines is 1. The van der Waals surface area contributed by atoms with Gasteiger partial charge in [0.15, 0.2) is 0 Å². The zero-order valence-corrected chi connectivity index (χ0v) is 12.3. The summed E-state index contributed by atoms with van der Waals surface area (Å²) in [4.78, 5) is 14.4. The lowest BCUT2D eigenvalue weighted by Crippen LogP contribution is -2.40. The molecular weight excluding hydrogens is 252 g/mol. The molecule has 1 fully saturated rings. The maximum absolute atomic E-state index is 12.2. The van der Waals surface area contributed by atoms with Crippen molar-refractivity contribution in [2.75, 3.05) is 25.0 Å². The van der Waals surface area contributed by atoms with Gasteiger partial charge in [-0.1, -0.05) is 19.1 Å². The van der Waals surface area contributed by atoms with Crippen molar-refractivity contribution in [1.29, 1.82) is 0 Å². The first kappa shape index (κ1) is 15.0. The third-order valence-electron chi connectivity index (χ3n) is 4.13. The SMILES string of the molecule is CCc1ccc(NC(=O)C(C)N2CCC(CO)C2)cc1. The standard InChI is InChI=1S/C16H24N2O2/c1-3-13-4-6-15(7-5-13)17-16(20)12(2)18-9-8-14(10-18)11-19/h4-7,12,14,19H,3,8-11H2,1-2H3,(H,17,20). The number of aryl methyl sites for hydroxylation is 1. The molecule has 4 nitrogen and oxygen atoms in total. The van der Waals surface area contributed by atoms with Crippen LogP contribution in [0.1, 0.15) is 25.8 Å². The number of nitrogens with zero attached hydrogens (tertiary/aromatic N) is 1. The summed E-state index contributed by atoms with van der Waals surface area (Å²) in [7, 11) is 0. The Balaban J connectivity index is 1.90. The van der Waals surface area contributed by atoms with E-state index in [0.29, 0.717) is 5.92 Å². The number of rotatable bonds is 5. The molecular formula is C16H24N2O2. The van der Waals surface area contributed by atoms with E-state index in [-0.39, 0.29) is 18.6 Å². The van der Waals surface area contributed by atoms with Crippen LogP contribution in [0.3, 0.4) is 0 Å². The molecule has 1 heterocycles. The zero-order chi connectivity index (χ0) is 14.5. The first-order valence-electron chi connectivity index (χ1n) is 7.38. The van der Waals surface area contributed by atoms with Crippen molar-refractivity contribution in [2.45, 2.75) is 32.7 Å². The van der Waals surface area contributed by atoms with Crippen LogP contribution < -0.4 is 5.32 Å². The Bertz CT molecular complexity index is 444. The Morgan fingerprint density at radius 1 is 1.45 bits per heavy atom. The van der Waals surface area contributed by atoms with Crippen molar-refractivity contribution in [2.24, 2.45) is 5.92 Å². The molecule has 20 heavy (non-hydrogen) atoms. The van der Waals surface area contributed by atoms with Gasteiger partial charge in [-0.25, -0.2) is 0 Å². The van der Waals surface area contributed by atoms with Crippen LogP contribution >= 0.6 is 0 Å². The Kier molecular flexibility index (Phi) is 5.15. The molecule has 1 amide bonds. The Morgan fingerprint density at radius 2 is 2.15 bits per heavy atom. The minimum atomic E-state index is -0.155. The van der Waals surface area contributed by atoms with Crippen LogP contribution in [-0.4, -0.2) is 41.7 Å². The number of nitrogens with one attached hydrogen (secondary N) is 1. The van der Waals surface area contributed by atoms with Crippen LogP contribution in [0.25, 0.3) is 0 Å². The number of carbonyl (C=O) groups is 1. The number of aliphatic hydroxyl groups is 1. The average molecular weight is 276 g/mol. The molecule has 0 bridgehead atoms. The monoisotopic (exact) mass is 276 g/mol. The van der Waals surface area contributed by atoms with E-state index in [0.717, 1.165) is 31.6 Å². The van der Waals surface area contributed by atoms with E-state index in [4.69, 9.17) is 5.11 Å². The Morgan fingerprint density at radius 3 is 2.70 bits per heavy atom. The van der Waals surface area contributed by atoms with E-state index >= 15 is 0 Å². The quantitative estimate of drug-likeness (QED) is 0.863. The van der Waals surface area contributed by atoms with Crippen LogP contribution in [0.15, 0.2) is 24.3 Å². The molecule has 0 spiro atoms. The molecule has 0 aromatic heterocycles. The summed E-state index contributed by atoms with van der Waals surface area (Å²) in [6.45, 7) is 5.94. The molecule has 2 unspecified atom stereocenters. The predicted molar refractivity (Wildman–Crippen MR) is 80.7 cm³/mol. The summed E-state index contributed by atoms with van der Waals surface area (Å²) < 4.78 is 0. The molecule has 1 aromatic carbocycles. The van der Waals surface area contributed by atoms with Crippen molar-refractivity contribution in [3.63, 3.8) is 0 Å². The molecule has 4 heteroatoms. The zero-order valence-electron chi connectivity index (χ0n) is 12.3. The molecule has 2 atom stereocenters. The van der Waals surface area contributed by atoms with Gasteiger partial charge in [0.1, 0.15) is 0 Å². The lowest BCUT2D eigenvalue weighted by molar-refractivity contribution is -0.120. The fourth-order valence-electron chi connectivity index (χ4n) is 2.60. The highest BCUT2D eigenvalue weighted by Crippen LogP contribution is 2.19. The highest BCUT2D eigenvalue weighted by Gasteiger charge is 2.29. The van der Waals surface area contributed by atoms with Gasteiger partial charge in [0, 0.05) is 18.8 Å². The van der Waals surface area contributed by atoms with Gasteiger partial charge in [-0.3, -0.25) is 9.69 Å². The number of carbonyl (C=O) groups excluding carboxylic acids is 1. The topological polar surface area (TPSA) is 52.6 Å². The fraction of sp³-hybridized carbons (Fsp3) is 0.562. The predicted octanol–water partition coefficient (Wildman–Crippen LogP) is 1.89. The first-order chi connectivity index (χ1) is 9.63. The van der Waals surface area contributed by atoms with Crippen LogP contribution in [-0.2, 0) is 11.2 Å². The van der Waals surface area contributed by atoms with E-state index in [1.807, 2.05) is 31.2 Å². The summed E-state index contributed by atoms with van der Waals surface area (Å²) in [6.07, 6.45) is 1.97. The minimum absolute atomic E-state index is 0.0211. The highest BCUT2D eigenvalue weighted by atomic mass is 16.3. The number of amides is 1. The number of hydrogen-bond donors (Lipinski definition) is 2. The van der Waals surface area contributed by atoms with Crippen molar-refractivity contribution in [3.8, 4) is 0 Å². The second kappa shape index (κ2) is 6.86. The molecule has 0 aliphatic carbocycles. The average Bonchev–Trinajstić information content (AvgIpc) is 2.96. The second-order valence-electron chi connectivity index (χ2n) is 5.55. The van der Waals surface area contributed by atoms with Gasteiger partial charge < -0.3 is 10.4 Å². The van der Waals surface area contributed by atoms with E-state index in [1.165, 1.54) is 5.56 Å². The van der Waals surface area contributed by atoms with E-state index in [9.17, 15) is 4.79 Å². The summed E-state index contributed by atoms with van der Waals surface area (Å²) in [5.41, 5.74) is 2.11. The van der Waals surface area contributed by atoms with Gasteiger partial charge in [-0.2, -0.15) is 0 Å². The van der Waals surface area contributed by atoms with Gasteiger partial charge in [-0.15, -0.1) is 0 Å². The van der Waals surface area contributed by atoms with Crippen molar-refractivity contribution < 1.29 is 9.90 Å². The van der Waals surface area contributed by atoms with Crippen LogP contribution in [0.4, 0.5) is 5.69 Å². The molecule has 0 saturated carbocycles. The summed E-state index contributed by atoms with van der Waals surface area (Å²) >= 11 is 0. The molecule has 1 aliphatic rings. The largest absolute Gasteiger partial charge is 0.396 e. The number of aliphatic hydroxyl groups excluding tert-OH is 1. The van der Waals surface area contributed by atoms with Gasteiger partial charge >= 0.3 is 0 Å². The van der Waals surface area contributed by atoms with Crippen molar-refractivity contribution in [3.05, 3.63) is 29.8 Å². The molecule has 1 aromatic rings. The summed E-state index contributed by atoms with van der Waals surface area (Å²) in [5.74, 6) is 0.335. The number of hydrogen-bond acceptors (Lipinski definition) is 3.